The van der Waals surface area contributed by atoms with Gasteiger partial charge in [0.2, 0.25) is 0 Å². The summed E-state index contributed by atoms with van der Waals surface area (Å²) in [6.45, 7) is 0.877. The van der Waals surface area contributed by atoms with Gasteiger partial charge in [-0.05, 0) is 42.0 Å². The van der Waals surface area contributed by atoms with Gasteiger partial charge in [-0.1, -0.05) is 12.1 Å². The number of anilines is 2. The Kier molecular flexibility index (Phi) is 4.29. The summed E-state index contributed by atoms with van der Waals surface area (Å²) >= 11 is 0. The Morgan fingerprint density at radius 2 is 1.84 bits per heavy atom. The number of nitrogens with one attached hydrogen (secondary N) is 1. The van der Waals surface area contributed by atoms with Crippen molar-refractivity contribution in [3.63, 3.8) is 0 Å². The zero-order chi connectivity index (χ0) is 13.7. The highest BCUT2D eigenvalue weighted by molar-refractivity contribution is 5.50. The number of rotatable bonds is 5. The largest absolute Gasteiger partial charge is 0.497 e. The van der Waals surface area contributed by atoms with Crippen molar-refractivity contribution in [3.05, 3.63) is 54.1 Å². The number of nitrogens with zero attached hydrogens (tertiary/aromatic N) is 1. The van der Waals surface area contributed by atoms with Crippen molar-refractivity contribution < 1.29 is 4.74 Å². The van der Waals surface area contributed by atoms with Crippen molar-refractivity contribution in [1.82, 2.24) is 0 Å². The van der Waals surface area contributed by atoms with Crippen LogP contribution in [0.15, 0.2) is 48.5 Å². The van der Waals surface area contributed by atoms with Crippen LogP contribution in [0.25, 0.3) is 0 Å². The molecule has 3 heteroatoms. The molecule has 0 aliphatic rings. The molecule has 0 atom stereocenters. The fourth-order valence-electron chi connectivity index (χ4n) is 2.03. The smallest absolute Gasteiger partial charge is 0.119 e. The Labute approximate surface area is 114 Å². The first-order valence-corrected chi connectivity index (χ1v) is 6.35. The van der Waals surface area contributed by atoms with Gasteiger partial charge in [0.15, 0.2) is 0 Å². The molecule has 0 saturated heterocycles. The van der Waals surface area contributed by atoms with Gasteiger partial charge in [-0.2, -0.15) is 0 Å². The fourth-order valence-corrected chi connectivity index (χ4v) is 2.03. The lowest BCUT2D eigenvalue weighted by Gasteiger charge is -2.20. The van der Waals surface area contributed by atoms with Crippen molar-refractivity contribution >= 4 is 11.4 Å². The van der Waals surface area contributed by atoms with Crippen molar-refractivity contribution in [3.8, 4) is 5.75 Å². The molecule has 2 rings (SSSR count). The standard InChI is InChI=1S/C16H20N2O/c1-17-14-6-4-5-13(11-14)12-18(2)15-7-9-16(19-3)10-8-15/h4-11,17H,12H2,1-3H3. The van der Waals surface area contributed by atoms with E-state index in [0.29, 0.717) is 0 Å². The van der Waals surface area contributed by atoms with Gasteiger partial charge in [0.1, 0.15) is 5.75 Å². The van der Waals surface area contributed by atoms with Gasteiger partial charge in [0.25, 0.3) is 0 Å². The van der Waals surface area contributed by atoms with Gasteiger partial charge in [-0.15, -0.1) is 0 Å². The number of ether oxygens (including phenoxy) is 1. The van der Waals surface area contributed by atoms with Crippen LogP contribution in [0.2, 0.25) is 0 Å². The molecule has 2 aromatic rings. The topological polar surface area (TPSA) is 24.5 Å². The minimum absolute atomic E-state index is 0.877. The summed E-state index contributed by atoms with van der Waals surface area (Å²) in [5.41, 5.74) is 3.60. The molecular weight excluding hydrogens is 236 g/mol. The van der Waals surface area contributed by atoms with Gasteiger partial charge < -0.3 is 15.0 Å². The van der Waals surface area contributed by atoms with Gasteiger partial charge in [0.05, 0.1) is 7.11 Å². The fraction of sp³-hybridized carbons (Fsp3) is 0.250. The minimum Gasteiger partial charge on any atom is -0.497 e. The van der Waals surface area contributed by atoms with Gasteiger partial charge in [-0.3, -0.25) is 0 Å². The molecule has 0 fully saturated rings. The van der Waals surface area contributed by atoms with Crippen molar-refractivity contribution in [1.29, 1.82) is 0 Å². The van der Waals surface area contributed by atoms with Crippen molar-refractivity contribution in [2.75, 3.05) is 31.4 Å². The van der Waals surface area contributed by atoms with E-state index in [2.05, 4.69) is 53.7 Å². The summed E-state index contributed by atoms with van der Waals surface area (Å²) in [4.78, 5) is 2.22. The summed E-state index contributed by atoms with van der Waals surface area (Å²) in [6.07, 6.45) is 0. The molecule has 0 saturated carbocycles. The number of benzene rings is 2. The van der Waals surface area contributed by atoms with Crippen molar-refractivity contribution in [2.45, 2.75) is 6.54 Å². The molecule has 3 nitrogen and oxygen atoms in total. The zero-order valence-corrected chi connectivity index (χ0v) is 11.7. The molecule has 0 aromatic heterocycles. The summed E-state index contributed by atoms with van der Waals surface area (Å²) in [7, 11) is 5.71. The van der Waals surface area contributed by atoms with E-state index in [1.54, 1.807) is 7.11 Å². The van der Waals surface area contributed by atoms with Crippen LogP contribution >= 0.6 is 0 Å². The highest BCUT2D eigenvalue weighted by Gasteiger charge is 2.03. The van der Waals surface area contributed by atoms with E-state index in [9.17, 15) is 0 Å². The molecule has 19 heavy (non-hydrogen) atoms. The minimum atomic E-state index is 0.877. The maximum Gasteiger partial charge on any atom is 0.119 e. The molecule has 0 unspecified atom stereocenters. The van der Waals surface area contributed by atoms with E-state index in [0.717, 1.165) is 18.0 Å². The van der Waals surface area contributed by atoms with Crippen LogP contribution in [0.5, 0.6) is 5.75 Å². The Balaban J connectivity index is 2.08. The molecule has 100 valence electrons. The van der Waals surface area contributed by atoms with E-state index >= 15 is 0 Å². The molecule has 0 spiro atoms. The third-order valence-electron chi connectivity index (χ3n) is 3.15. The first kappa shape index (κ1) is 13.3. The van der Waals surface area contributed by atoms with Crippen LogP contribution in [0.4, 0.5) is 11.4 Å². The lowest BCUT2D eigenvalue weighted by Crippen LogP contribution is -2.16. The quantitative estimate of drug-likeness (QED) is 0.887. The third-order valence-corrected chi connectivity index (χ3v) is 3.15. The number of hydrogen-bond acceptors (Lipinski definition) is 3. The maximum atomic E-state index is 5.17. The molecule has 0 amide bonds. The molecule has 2 aromatic carbocycles. The second kappa shape index (κ2) is 6.14. The van der Waals surface area contributed by atoms with Gasteiger partial charge in [0, 0.05) is 32.0 Å². The molecule has 1 N–H and O–H groups in total. The van der Waals surface area contributed by atoms with E-state index in [1.807, 2.05) is 19.2 Å². The molecular formula is C16H20N2O. The van der Waals surface area contributed by atoms with Gasteiger partial charge >= 0.3 is 0 Å². The normalized spacial score (nSPS) is 10.1. The second-order valence-electron chi connectivity index (χ2n) is 4.50. The van der Waals surface area contributed by atoms with Gasteiger partial charge in [-0.25, -0.2) is 0 Å². The molecule has 0 heterocycles. The molecule has 0 bridgehead atoms. The Bertz CT molecular complexity index is 523. The maximum absolute atomic E-state index is 5.17. The van der Waals surface area contributed by atoms with E-state index < -0.39 is 0 Å². The van der Waals surface area contributed by atoms with E-state index in [1.165, 1.54) is 11.3 Å². The molecule has 0 radical (unpaired) electrons. The monoisotopic (exact) mass is 256 g/mol. The first-order chi connectivity index (χ1) is 9.22. The van der Waals surface area contributed by atoms with Crippen molar-refractivity contribution in [2.24, 2.45) is 0 Å². The zero-order valence-electron chi connectivity index (χ0n) is 11.7. The molecule has 0 aliphatic carbocycles. The Morgan fingerprint density at radius 3 is 2.47 bits per heavy atom. The predicted octanol–water partition coefficient (Wildman–Crippen LogP) is 3.37. The Morgan fingerprint density at radius 1 is 1.11 bits per heavy atom. The lowest BCUT2D eigenvalue weighted by atomic mass is 10.2. The molecule has 0 aliphatic heterocycles. The average molecular weight is 256 g/mol. The van der Waals surface area contributed by atoms with Crippen LogP contribution in [0.1, 0.15) is 5.56 Å². The SMILES string of the molecule is CNc1cccc(CN(C)c2ccc(OC)cc2)c1. The highest BCUT2D eigenvalue weighted by Crippen LogP contribution is 2.20. The number of methoxy groups -OCH3 is 1. The number of hydrogen-bond donors (Lipinski definition) is 1. The highest BCUT2D eigenvalue weighted by atomic mass is 16.5. The summed E-state index contributed by atoms with van der Waals surface area (Å²) in [6, 6.07) is 16.5. The summed E-state index contributed by atoms with van der Waals surface area (Å²) in [5.74, 6) is 0.884. The summed E-state index contributed by atoms with van der Waals surface area (Å²) < 4.78 is 5.17. The van der Waals surface area contributed by atoms with Crippen LogP contribution in [-0.4, -0.2) is 21.2 Å². The van der Waals surface area contributed by atoms with Crippen LogP contribution in [0.3, 0.4) is 0 Å². The van der Waals surface area contributed by atoms with Crippen LogP contribution in [0, 0.1) is 0 Å². The first-order valence-electron chi connectivity index (χ1n) is 6.35. The third kappa shape index (κ3) is 3.41. The second-order valence-corrected chi connectivity index (χ2v) is 4.50. The average Bonchev–Trinajstić information content (AvgIpc) is 2.47. The van der Waals surface area contributed by atoms with E-state index in [4.69, 9.17) is 4.74 Å². The Hall–Kier alpha value is -2.16. The van der Waals surface area contributed by atoms with E-state index in [-0.39, 0.29) is 0 Å². The van der Waals surface area contributed by atoms with Crippen LogP contribution in [-0.2, 0) is 6.54 Å². The summed E-state index contributed by atoms with van der Waals surface area (Å²) in [5, 5.41) is 3.16. The predicted molar refractivity (Wildman–Crippen MR) is 81.1 cm³/mol. The van der Waals surface area contributed by atoms with Crippen LogP contribution < -0.4 is 15.0 Å². The lowest BCUT2D eigenvalue weighted by molar-refractivity contribution is 0.415.